The largest absolute Gasteiger partial charge is 0.395 e. The summed E-state index contributed by atoms with van der Waals surface area (Å²) in [5.41, 5.74) is 6.25. The first-order chi connectivity index (χ1) is 10.5. The van der Waals surface area contributed by atoms with Crippen molar-refractivity contribution in [2.45, 2.75) is 0 Å². The van der Waals surface area contributed by atoms with Crippen LogP contribution in [0.1, 0.15) is 0 Å². The van der Waals surface area contributed by atoms with Crippen molar-refractivity contribution >= 4 is 35.1 Å². The molecule has 1 heterocycles. The van der Waals surface area contributed by atoms with Gasteiger partial charge < -0.3 is 20.8 Å². The first-order valence-corrected chi connectivity index (χ1v) is 7.24. The number of nitrogen functional groups attached to an aromatic ring is 1. The normalized spacial score (nSPS) is 10.7. The summed E-state index contributed by atoms with van der Waals surface area (Å²) in [7, 11) is 0. The molecule has 0 bridgehead atoms. The monoisotopic (exact) mass is 343 g/mol. The molecule has 9 heteroatoms. The van der Waals surface area contributed by atoms with E-state index in [1.165, 1.54) is 0 Å². The number of nitrogens with two attached hydrogens (primary N) is 1. The van der Waals surface area contributed by atoms with E-state index in [1.54, 1.807) is 23.1 Å². The first-order valence-electron chi connectivity index (χ1n) is 6.48. The maximum atomic E-state index is 9.10. The highest BCUT2D eigenvalue weighted by atomic mass is 35.5. The molecule has 0 aliphatic heterocycles. The second kappa shape index (κ2) is 7.55. The van der Waals surface area contributed by atoms with Crippen LogP contribution < -0.4 is 10.6 Å². The van der Waals surface area contributed by atoms with Gasteiger partial charge in [0.2, 0.25) is 11.9 Å². The van der Waals surface area contributed by atoms with Crippen LogP contribution in [-0.4, -0.2) is 51.5 Å². The molecule has 7 nitrogen and oxygen atoms in total. The molecule has 118 valence electrons. The Morgan fingerprint density at radius 3 is 2.36 bits per heavy atom. The zero-order valence-electron chi connectivity index (χ0n) is 11.6. The maximum absolute atomic E-state index is 9.10. The van der Waals surface area contributed by atoms with Crippen molar-refractivity contribution < 1.29 is 10.2 Å². The van der Waals surface area contributed by atoms with Gasteiger partial charge >= 0.3 is 0 Å². The second-order valence-corrected chi connectivity index (χ2v) is 5.22. The van der Waals surface area contributed by atoms with Crippen molar-refractivity contribution in [2.24, 2.45) is 0 Å². The van der Waals surface area contributed by atoms with Gasteiger partial charge in [-0.2, -0.15) is 15.0 Å². The summed E-state index contributed by atoms with van der Waals surface area (Å²) < 4.78 is 0. The van der Waals surface area contributed by atoms with Crippen LogP contribution in [0.15, 0.2) is 18.2 Å². The fourth-order valence-corrected chi connectivity index (χ4v) is 2.24. The minimum atomic E-state index is -0.112. The quantitative estimate of drug-likeness (QED) is 0.723. The van der Waals surface area contributed by atoms with Gasteiger partial charge in [0.25, 0.3) is 0 Å². The molecule has 0 amide bonds. The van der Waals surface area contributed by atoms with E-state index in [0.717, 1.165) is 0 Å². The van der Waals surface area contributed by atoms with Gasteiger partial charge in [-0.3, -0.25) is 0 Å². The summed E-state index contributed by atoms with van der Waals surface area (Å²) in [4.78, 5) is 14.0. The number of aliphatic hydroxyl groups excluding tert-OH is 2. The number of nitrogens with zero attached hydrogens (tertiary/aromatic N) is 4. The van der Waals surface area contributed by atoms with E-state index in [-0.39, 0.29) is 44.0 Å². The molecule has 0 spiro atoms. The van der Waals surface area contributed by atoms with Crippen LogP contribution in [-0.2, 0) is 0 Å². The van der Waals surface area contributed by atoms with Gasteiger partial charge in [0, 0.05) is 23.7 Å². The number of halogens is 2. The van der Waals surface area contributed by atoms with E-state index in [0.29, 0.717) is 15.6 Å². The Balaban J connectivity index is 2.47. The molecule has 0 fully saturated rings. The standard InChI is InChI=1S/C13H15Cl2N5O2/c14-8-1-2-10(15)9(7-8)11-17-12(16)19-13(18-11)20(3-5-21)4-6-22/h1-2,7,21-22H,3-6H2,(H2,16,17,18,19). The van der Waals surface area contributed by atoms with E-state index in [4.69, 9.17) is 39.1 Å². The van der Waals surface area contributed by atoms with Crippen molar-refractivity contribution in [1.29, 1.82) is 0 Å². The minimum absolute atomic E-state index is 0.0110. The highest BCUT2D eigenvalue weighted by molar-refractivity contribution is 6.35. The molecule has 0 saturated heterocycles. The van der Waals surface area contributed by atoms with Crippen LogP contribution in [0.2, 0.25) is 10.0 Å². The van der Waals surface area contributed by atoms with Gasteiger partial charge in [0.15, 0.2) is 5.82 Å². The SMILES string of the molecule is Nc1nc(-c2cc(Cl)ccc2Cl)nc(N(CCO)CCO)n1. The van der Waals surface area contributed by atoms with E-state index in [1.807, 2.05) is 0 Å². The smallest absolute Gasteiger partial charge is 0.230 e. The van der Waals surface area contributed by atoms with Gasteiger partial charge in [0.1, 0.15) is 0 Å². The lowest BCUT2D eigenvalue weighted by molar-refractivity contribution is 0.280. The van der Waals surface area contributed by atoms with Crippen LogP contribution in [0.4, 0.5) is 11.9 Å². The molecule has 0 saturated carbocycles. The van der Waals surface area contributed by atoms with Crippen molar-refractivity contribution in [3.05, 3.63) is 28.2 Å². The Hall–Kier alpha value is -1.67. The van der Waals surface area contributed by atoms with E-state index >= 15 is 0 Å². The third-order valence-corrected chi connectivity index (χ3v) is 3.40. The fourth-order valence-electron chi connectivity index (χ4n) is 1.86. The van der Waals surface area contributed by atoms with Crippen LogP contribution in [0.5, 0.6) is 0 Å². The average molecular weight is 344 g/mol. The summed E-state index contributed by atoms with van der Waals surface area (Å²) in [5, 5.41) is 19.1. The zero-order chi connectivity index (χ0) is 16.1. The molecule has 1 aromatic carbocycles. The molecular weight excluding hydrogens is 329 g/mol. The van der Waals surface area contributed by atoms with Crippen molar-refractivity contribution in [2.75, 3.05) is 36.9 Å². The maximum Gasteiger partial charge on any atom is 0.230 e. The lowest BCUT2D eigenvalue weighted by Crippen LogP contribution is -2.31. The number of aliphatic hydroxyl groups is 2. The van der Waals surface area contributed by atoms with Gasteiger partial charge in [-0.1, -0.05) is 23.2 Å². The number of benzene rings is 1. The predicted molar refractivity (Wildman–Crippen MR) is 86.1 cm³/mol. The number of aromatic nitrogens is 3. The molecule has 1 aromatic heterocycles. The topological polar surface area (TPSA) is 108 Å². The van der Waals surface area contributed by atoms with Gasteiger partial charge in [-0.15, -0.1) is 0 Å². The van der Waals surface area contributed by atoms with Crippen LogP contribution in [0.25, 0.3) is 11.4 Å². The predicted octanol–water partition coefficient (Wildman–Crippen LogP) is 1.22. The van der Waals surface area contributed by atoms with E-state index in [2.05, 4.69) is 15.0 Å². The zero-order valence-corrected chi connectivity index (χ0v) is 13.1. The third kappa shape index (κ3) is 3.95. The highest BCUT2D eigenvalue weighted by Crippen LogP contribution is 2.29. The van der Waals surface area contributed by atoms with Crippen LogP contribution >= 0.6 is 23.2 Å². The number of anilines is 2. The van der Waals surface area contributed by atoms with Crippen molar-refractivity contribution in [3.8, 4) is 11.4 Å². The molecule has 22 heavy (non-hydrogen) atoms. The molecule has 0 radical (unpaired) electrons. The summed E-state index contributed by atoms with van der Waals surface area (Å²) in [5.74, 6) is 0.537. The Labute approximate surface area is 137 Å². The lowest BCUT2D eigenvalue weighted by Gasteiger charge is -2.21. The van der Waals surface area contributed by atoms with Crippen LogP contribution in [0.3, 0.4) is 0 Å². The Morgan fingerprint density at radius 2 is 1.73 bits per heavy atom. The average Bonchev–Trinajstić information content (AvgIpc) is 2.49. The lowest BCUT2D eigenvalue weighted by atomic mass is 10.2. The molecular formula is C13H15Cl2N5O2. The van der Waals surface area contributed by atoms with Crippen LogP contribution in [0, 0.1) is 0 Å². The van der Waals surface area contributed by atoms with Gasteiger partial charge in [0.05, 0.1) is 18.2 Å². The highest BCUT2D eigenvalue weighted by Gasteiger charge is 2.15. The summed E-state index contributed by atoms with van der Waals surface area (Å²) >= 11 is 12.1. The third-order valence-electron chi connectivity index (χ3n) is 2.83. The number of rotatable bonds is 6. The van der Waals surface area contributed by atoms with E-state index < -0.39 is 0 Å². The Kier molecular flexibility index (Phi) is 5.73. The molecule has 2 aromatic rings. The minimum Gasteiger partial charge on any atom is -0.395 e. The second-order valence-electron chi connectivity index (χ2n) is 4.38. The van der Waals surface area contributed by atoms with E-state index in [9.17, 15) is 0 Å². The molecule has 4 N–H and O–H groups in total. The Morgan fingerprint density at radius 1 is 1.05 bits per heavy atom. The first kappa shape index (κ1) is 16.7. The van der Waals surface area contributed by atoms with Gasteiger partial charge in [-0.05, 0) is 18.2 Å². The van der Waals surface area contributed by atoms with Crippen molar-refractivity contribution in [3.63, 3.8) is 0 Å². The summed E-state index contributed by atoms with van der Waals surface area (Å²) in [6, 6.07) is 4.92. The van der Waals surface area contributed by atoms with Gasteiger partial charge in [-0.25, -0.2) is 0 Å². The van der Waals surface area contributed by atoms with Crippen molar-refractivity contribution in [1.82, 2.24) is 15.0 Å². The Bertz CT molecular complexity index is 650. The molecule has 0 atom stereocenters. The molecule has 0 unspecified atom stereocenters. The molecule has 2 rings (SSSR count). The number of hydrogen-bond acceptors (Lipinski definition) is 7. The molecule has 0 aliphatic carbocycles. The summed E-state index contributed by atoms with van der Waals surface area (Å²) in [6.07, 6.45) is 0. The number of hydrogen-bond donors (Lipinski definition) is 3. The summed E-state index contributed by atoms with van der Waals surface area (Å²) in [6.45, 7) is 0.289. The molecule has 0 aliphatic rings. The fraction of sp³-hybridized carbons (Fsp3) is 0.308.